The van der Waals surface area contributed by atoms with E-state index in [4.69, 9.17) is 4.74 Å². The lowest BCUT2D eigenvalue weighted by Crippen LogP contribution is -2.41. The highest BCUT2D eigenvalue weighted by Gasteiger charge is 2.25. The highest BCUT2D eigenvalue weighted by Crippen LogP contribution is 2.30. The van der Waals surface area contributed by atoms with Gasteiger partial charge in [0.05, 0.1) is 6.61 Å². The summed E-state index contributed by atoms with van der Waals surface area (Å²) in [5.74, 6) is 1.70. The molecule has 0 spiro atoms. The average molecular weight is 483 g/mol. The highest BCUT2D eigenvalue weighted by atomic mass is 19.1. The van der Waals surface area contributed by atoms with E-state index in [2.05, 4.69) is 23.3 Å². The van der Waals surface area contributed by atoms with Crippen LogP contribution in [-0.2, 0) is 0 Å². The fourth-order valence-corrected chi connectivity index (χ4v) is 5.33. The van der Waals surface area contributed by atoms with Crippen LogP contribution in [0.2, 0.25) is 0 Å². The Morgan fingerprint density at radius 1 is 1.03 bits per heavy atom. The third-order valence-corrected chi connectivity index (χ3v) is 7.30. The van der Waals surface area contributed by atoms with Gasteiger partial charge in [-0.2, -0.15) is 0 Å². The predicted octanol–water partition coefficient (Wildman–Crippen LogP) is 7.03. The molecule has 2 aliphatic heterocycles. The molecule has 1 unspecified atom stereocenters. The molecule has 1 atom stereocenters. The molecular formula is C30H40F2N2O. The Bertz CT molecular complexity index is 990. The van der Waals surface area contributed by atoms with Gasteiger partial charge >= 0.3 is 0 Å². The minimum absolute atomic E-state index is 0.228. The SMILES string of the molecule is C=C(c1ccc(-c2ccc(OCC3CCN(CC(C)(C)F)CC3)cc2)cc1F)N1CCCC(C)C1. The standard InChI is InChI=1S/C30H40F2N2O/c1-22-6-5-15-34(19-22)23(2)28-12-9-26(18-29(28)31)25-7-10-27(11-8-25)35-20-24-13-16-33(17-14-24)21-30(3,4)32/h7-12,18,22,24H,2,5-6,13-17,19-21H2,1,3-4H3. The summed E-state index contributed by atoms with van der Waals surface area (Å²) in [5, 5.41) is 0. The van der Waals surface area contributed by atoms with Crippen LogP contribution in [0.3, 0.4) is 0 Å². The number of rotatable bonds is 8. The number of halogens is 2. The Morgan fingerprint density at radius 3 is 2.34 bits per heavy atom. The maximum Gasteiger partial charge on any atom is 0.133 e. The molecule has 0 radical (unpaired) electrons. The number of hydrogen-bond donors (Lipinski definition) is 0. The molecule has 2 aliphatic rings. The smallest absolute Gasteiger partial charge is 0.133 e. The number of alkyl halides is 1. The number of likely N-dealkylation sites (tertiary alicyclic amines) is 2. The first-order chi connectivity index (χ1) is 16.7. The Morgan fingerprint density at radius 2 is 1.71 bits per heavy atom. The zero-order valence-electron chi connectivity index (χ0n) is 21.5. The van der Waals surface area contributed by atoms with Crippen LogP contribution < -0.4 is 4.74 Å². The second-order valence-electron chi connectivity index (χ2n) is 11.1. The largest absolute Gasteiger partial charge is 0.493 e. The van der Waals surface area contributed by atoms with Crippen molar-refractivity contribution >= 4 is 5.70 Å². The molecule has 0 aliphatic carbocycles. The van der Waals surface area contributed by atoms with E-state index in [0.29, 0.717) is 30.6 Å². The van der Waals surface area contributed by atoms with Crippen molar-refractivity contribution in [2.75, 3.05) is 39.3 Å². The summed E-state index contributed by atoms with van der Waals surface area (Å²) in [6.45, 7) is 14.6. The van der Waals surface area contributed by atoms with Crippen molar-refractivity contribution in [1.29, 1.82) is 0 Å². The molecule has 0 aromatic heterocycles. The molecule has 3 nitrogen and oxygen atoms in total. The van der Waals surface area contributed by atoms with Crippen LogP contribution in [0.1, 0.15) is 52.0 Å². The Balaban J connectivity index is 1.30. The molecule has 0 N–H and O–H groups in total. The Kier molecular flexibility index (Phi) is 8.16. The second kappa shape index (κ2) is 11.1. The molecule has 0 amide bonds. The third-order valence-electron chi connectivity index (χ3n) is 7.30. The predicted molar refractivity (Wildman–Crippen MR) is 141 cm³/mol. The highest BCUT2D eigenvalue weighted by molar-refractivity contribution is 5.69. The van der Waals surface area contributed by atoms with Gasteiger partial charge < -0.3 is 14.5 Å². The number of nitrogens with zero attached hydrogens (tertiary/aromatic N) is 2. The van der Waals surface area contributed by atoms with E-state index in [1.807, 2.05) is 36.4 Å². The lowest BCUT2D eigenvalue weighted by Gasteiger charge is -2.34. The second-order valence-corrected chi connectivity index (χ2v) is 11.1. The molecule has 2 aromatic rings. The van der Waals surface area contributed by atoms with E-state index in [9.17, 15) is 4.39 Å². The third kappa shape index (κ3) is 7.07. The molecule has 0 bridgehead atoms. The van der Waals surface area contributed by atoms with Gasteiger partial charge in [-0.05, 0) is 99.8 Å². The first-order valence-electron chi connectivity index (χ1n) is 13.1. The number of benzene rings is 2. The van der Waals surface area contributed by atoms with Gasteiger partial charge in [0, 0.05) is 30.9 Å². The summed E-state index contributed by atoms with van der Waals surface area (Å²) in [7, 11) is 0. The fraction of sp³-hybridized carbons (Fsp3) is 0.533. The van der Waals surface area contributed by atoms with Crippen LogP contribution in [0.4, 0.5) is 8.78 Å². The normalized spacial score (nSPS) is 20.1. The summed E-state index contributed by atoms with van der Waals surface area (Å²) >= 11 is 0. The van der Waals surface area contributed by atoms with Gasteiger partial charge in [-0.3, -0.25) is 0 Å². The van der Waals surface area contributed by atoms with Crippen molar-refractivity contribution in [3.05, 3.63) is 60.4 Å². The Hall–Kier alpha value is -2.40. The fourth-order valence-electron chi connectivity index (χ4n) is 5.33. The lowest BCUT2D eigenvalue weighted by atomic mass is 9.96. The van der Waals surface area contributed by atoms with Crippen molar-refractivity contribution in [3.8, 4) is 16.9 Å². The summed E-state index contributed by atoms with van der Waals surface area (Å²) in [4.78, 5) is 4.42. The Labute approximate surface area is 209 Å². The van der Waals surface area contributed by atoms with Crippen molar-refractivity contribution in [2.24, 2.45) is 11.8 Å². The van der Waals surface area contributed by atoms with E-state index in [1.54, 1.807) is 19.9 Å². The molecule has 5 heteroatoms. The van der Waals surface area contributed by atoms with Gasteiger partial charge in [0.1, 0.15) is 17.2 Å². The molecule has 0 saturated carbocycles. The van der Waals surface area contributed by atoms with Crippen molar-refractivity contribution in [1.82, 2.24) is 9.80 Å². The van der Waals surface area contributed by atoms with Gasteiger partial charge in [0.2, 0.25) is 0 Å². The average Bonchev–Trinajstić information content (AvgIpc) is 2.82. The summed E-state index contributed by atoms with van der Waals surface area (Å²) in [5.41, 5.74) is 2.03. The van der Waals surface area contributed by atoms with Crippen molar-refractivity contribution < 1.29 is 13.5 Å². The van der Waals surface area contributed by atoms with E-state index in [-0.39, 0.29) is 5.82 Å². The van der Waals surface area contributed by atoms with Gasteiger partial charge in [0.15, 0.2) is 0 Å². The lowest BCUT2D eigenvalue weighted by molar-refractivity contribution is 0.0836. The quantitative estimate of drug-likeness (QED) is 0.402. The van der Waals surface area contributed by atoms with Gasteiger partial charge in [-0.1, -0.05) is 31.7 Å². The van der Waals surface area contributed by atoms with Crippen molar-refractivity contribution in [2.45, 2.75) is 52.1 Å². The molecule has 2 aromatic carbocycles. The topological polar surface area (TPSA) is 15.7 Å². The van der Waals surface area contributed by atoms with Gasteiger partial charge in [-0.15, -0.1) is 0 Å². The molecule has 190 valence electrons. The summed E-state index contributed by atoms with van der Waals surface area (Å²) in [6.07, 6.45) is 4.41. The van der Waals surface area contributed by atoms with Crippen LogP contribution in [0.5, 0.6) is 5.75 Å². The zero-order chi connectivity index (χ0) is 25.0. The van der Waals surface area contributed by atoms with E-state index in [0.717, 1.165) is 68.0 Å². The maximum absolute atomic E-state index is 15.0. The first-order valence-corrected chi connectivity index (χ1v) is 13.1. The molecule has 35 heavy (non-hydrogen) atoms. The minimum atomic E-state index is -1.14. The first kappa shape index (κ1) is 25.7. The number of ether oxygens (including phenoxy) is 1. The van der Waals surface area contributed by atoms with E-state index < -0.39 is 5.67 Å². The van der Waals surface area contributed by atoms with Crippen LogP contribution in [0.25, 0.3) is 16.8 Å². The van der Waals surface area contributed by atoms with Crippen LogP contribution >= 0.6 is 0 Å². The molecule has 2 saturated heterocycles. The van der Waals surface area contributed by atoms with Crippen LogP contribution in [-0.4, -0.2) is 54.8 Å². The van der Waals surface area contributed by atoms with Gasteiger partial charge in [0.25, 0.3) is 0 Å². The number of hydrogen-bond acceptors (Lipinski definition) is 3. The minimum Gasteiger partial charge on any atom is -0.493 e. The van der Waals surface area contributed by atoms with Crippen LogP contribution in [0, 0.1) is 17.7 Å². The molecule has 2 fully saturated rings. The van der Waals surface area contributed by atoms with Crippen LogP contribution in [0.15, 0.2) is 49.0 Å². The van der Waals surface area contributed by atoms with Gasteiger partial charge in [-0.25, -0.2) is 8.78 Å². The van der Waals surface area contributed by atoms with E-state index in [1.165, 1.54) is 6.42 Å². The molecular weight excluding hydrogens is 442 g/mol. The maximum atomic E-state index is 15.0. The summed E-state index contributed by atoms with van der Waals surface area (Å²) < 4.78 is 34.9. The zero-order valence-corrected chi connectivity index (χ0v) is 21.5. The summed E-state index contributed by atoms with van der Waals surface area (Å²) in [6, 6.07) is 13.3. The monoisotopic (exact) mass is 482 g/mol. The van der Waals surface area contributed by atoms with Crippen molar-refractivity contribution in [3.63, 3.8) is 0 Å². The molecule has 4 rings (SSSR count). The van der Waals surface area contributed by atoms with E-state index >= 15 is 4.39 Å². The molecule has 2 heterocycles. The number of piperidine rings is 2.